The van der Waals surface area contributed by atoms with Crippen molar-refractivity contribution in [3.8, 4) is 0 Å². The van der Waals surface area contributed by atoms with Gasteiger partial charge in [-0.1, -0.05) is 12.1 Å². The van der Waals surface area contributed by atoms with Crippen LogP contribution < -0.4 is 0 Å². The number of benzene rings is 1. The molecule has 1 fully saturated rings. The maximum atomic E-state index is 12.5. The molecule has 5 nitrogen and oxygen atoms in total. The first-order valence-corrected chi connectivity index (χ1v) is 7.47. The number of aromatic nitrogens is 1. The van der Waals surface area contributed by atoms with Crippen molar-refractivity contribution in [1.29, 1.82) is 0 Å². The minimum atomic E-state index is -0.828. The van der Waals surface area contributed by atoms with Gasteiger partial charge >= 0.3 is 5.97 Å². The lowest BCUT2D eigenvalue weighted by Crippen LogP contribution is -2.35. The first-order chi connectivity index (χ1) is 10.4. The predicted molar refractivity (Wildman–Crippen MR) is 83.7 cm³/mol. The van der Waals surface area contributed by atoms with Crippen LogP contribution in [0.25, 0.3) is 10.9 Å². The van der Waals surface area contributed by atoms with E-state index in [9.17, 15) is 14.7 Å². The number of H-pyrrole nitrogens is 1. The van der Waals surface area contributed by atoms with Gasteiger partial charge in [0.1, 0.15) is 0 Å². The summed E-state index contributed by atoms with van der Waals surface area (Å²) >= 11 is 0. The molecule has 116 valence electrons. The molecule has 3 rings (SSSR count). The van der Waals surface area contributed by atoms with E-state index in [0.717, 1.165) is 22.0 Å². The molecule has 1 aromatic heterocycles. The molecule has 2 N–H and O–H groups in total. The van der Waals surface area contributed by atoms with Crippen LogP contribution in [0.4, 0.5) is 0 Å². The molecule has 0 saturated carbocycles. The van der Waals surface area contributed by atoms with Gasteiger partial charge < -0.3 is 15.0 Å². The molecule has 0 aliphatic carbocycles. The van der Waals surface area contributed by atoms with Crippen LogP contribution >= 0.6 is 0 Å². The Kier molecular flexibility index (Phi) is 3.43. The number of carboxylic acid groups (broad SMARTS) is 1. The summed E-state index contributed by atoms with van der Waals surface area (Å²) < 4.78 is 0. The summed E-state index contributed by atoms with van der Waals surface area (Å²) in [5.74, 6) is -0.833. The van der Waals surface area contributed by atoms with E-state index in [1.54, 1.807) is 11.8 Å². The third-order valence-corrected chi connectivity index (χ3v) is 4.68. The number of hydrogen-bond acceptors (Lipinski definition) is 2. The number of nitrogens with zero attached hydrogens (tertiary/aromatic N) is 1. The number of carbonyl (C=O) groups is 2. The molecule has 0 radical (unpaired) electrons. The highest BCUT2D eigenvalue weighted by atomic mass is 16.4. The lowest BCUT2D eigenvalue weighted by molar-refractivity contribution is -0.147. The van der Waals surface area contributed by atoms with Gasteiger partial charge in [-0.15, -0.1) is 0 Å². The fourth-order valence-corrected chi connectivity index (χ4v) is 3.21. The van der Waals surface area contributed by atoms with Crippen molar-refractivity contribution in [3.05, 3.63) is 35.5 Å². The van der Waals surface area contributed by atoms with E-state index in [-0.39, 0.29) is 5.91 Å². The van der Waals surface area contributed by atoms with Crippen LogP contribution in [0.3, 0.4) is 0 Å². The van der Waals surface area contributed by atoms with E-state index < -0.39 is 11.4 Å². The van der Waals surface area contributed by atoms with Crippen molar-refractivity contribution < 1.29 is 14.7 Å². The van der Waals surface area contributed by atoms with Gasteiger partial charge in [-0.3, -0.25) is 9.59 Å². The molecule has 0 spiro atoms. The number of carbonyl (C=O) groups excluding carboxylic acids is 1. The molecule has 2 aromatic rings. The summed E-state index contributed by atoms with van der Waals surface area (Å²) in [4.78, 5) is 28.6. The summed E-state index contributed by atoms with van der Waals surface area (Å²) in [5, 5.41) is 10.4. The van der Waals surface area contributed by atoms with Gasteiger partial charge in [0.25, 0.3) is 0 Å². The largest absolute Gasteiger partial charge is 0.481 e. The van der Waals surface area contributed by atoms with E-state index >= 15 is 0 Å². The molecule has 1 atom stereocenters. The van der Waals surface area contributed by atoms with Crippen LogP contribution in [0.15, 0.2) is 24.4 Å². The Morgan fingerprint density at radius 1 is 1.41 bits per heavy atom. The fourth-order valence-electron chi connectivity index (χ4n) is 3.21. The molecular formula is C17H20N2O3. The highest BCUT2D eigenvalue weighted by Crippen LogP contribution is 2.31. The molecule has 1 aliphatic heterocycles. The van der Waals surface area contributed by atoms with Crippen LogP contribution in [0, 0.1) is 12.3 Å². The van der Waals surface area contributed by atoms with Crippen LogP contribution in [0.2, 0.25) is 0 Å². The molecule has 0 bridgehead atoms. The number of aromatic amines is 1. The minimum Gasteiger partial charge on any atom is -0.481 e. The molecule has 1 unspecified atom stereocenters. The zero-order valence-corrected chi connectivity index (χ0v) is 12.8. The summed E-state index contributed by atoms with van der Waals surface area (Å²) in [6.07, 6.45) is 2.70. The monoisotopic (exact) mass is 300 g/mol. The van der Waals surface area contributed by atoms with Crippen molar-refractivity contribution >= 4 is 22.8 Å². The Labute approximate surface area is 128 Å². The van der Waals surface area contributed by atoms with E-state index in [0.29, 0.717) is 25.9 Å². The zero-order valence-electron chi connectivity index (χ0n) is 12.8. The first-order valence-electron chi connectivity index (χ1n) is 7.47. The number of amides is 1. The van der Waals surface area contributed by atoms with Gasteiger partial charge in [-0.2, -0.15) is 0 Å². The lowest BCUT2D eigenvalue weighted by Gasteiger charge is -2.20. The lowest BCUT2D eigenvalue weighted by atomic mass is 9.90. The highest BCUT2D eigenvalue weighted by Gasteiger charge is 2.42. The van der Waals surface area contributed by atoms with Crippen molar-refractivity contribution in [2.24, 2.45) is 5.41 Å². The van der Waals surface area contributed by atoms with Crippen LogP contribution in [0.1, 0.15) is 24.5 Å². The Hall–Kier alpha value is -2.30. The topological polar surface area (TPSA) is 73.4 Å². The molecule has 5 heteroatoms. The third-order valence-electron chi connectivity index (χ3n) is 4.68. The van der Waals surface area contributed by atoms with E-state index in [4.69, 9.17) is 0 Å². The smallest absolute Gasteiger partial charge is 0.311 e. The van der Waals surface area contributed by atoms with Crippen LogP contribution in [-0.2, 0) is 16.0 Å². The maximum absolute atomic E-state index is 12.5. The second-order valence-corrected chi connectivity index (χ2v) is 6.42. The Morgan fingerprint density at radius 2 is 2.18 bits per heavy atom. The van der Waals surface area contributed by atoms with Gasteiger partial charge in [0.15, 0.2) is 0 Å². The number of rotatable bonds is 3. The number of fused-ring (bicyclic) bond motifs is 1. The highest BCUT2D eigenvalue weighted by molar-refractivity contribution is 5.91. The zero-order chi connectivity index (χ0) is 15.9. The Balaban J connectivity index is 1.79. The van der Waals surface area contributed by atoms with E-state index in [2.05, 4.69) is 4.98 Å². The van der Waals surface area contributed by atoms with Gasteiger partial charge in [0.05, 0.1) is 11.8 Å². The van der Waals surface area contributed by atoms with E-state index in [1.807, 2.05) is 31.3 Å². The number of aryl methyl sites for hydroxylation is 1. The normalized spacial score (nSPS) is 21.5. The maximum Gasteiger partial charge on any atom is 0.311 e. The minimum absolute atomic E-state index is 0.00544. The Morgan fingerprint density at radius 3 is 2.86 bits per heavy atom. The molecule has 1 saturated heterocycles. The average Bonchev–Trinajstić information content (AvgIpc) is 3.05. The van der Waals surface area contributed by atoms with Crippen molar-refractivity contribution in [3.63, 3.8) is 0 Å². The number of nitrogens with one attached hydrogen (secondary N) is 1. The summed E-state index contributed by atoms with van der Waals surface area (Å²) in [7, 11) is 0. The molecule has 1 aliphatic rings. The first kappa shape index (κ1) is 14.6. The third kappa shape index (κ3) is 2.36. The summed E-state index contributed by atoms with van der Waals surface area (Å²) in [6, 6.07) is 6.01. The van der Waals surface area contributed by atoms with Crippen molar-refractivity contribution in [1.82, 2.24) is 9.88 Å². The predicted octanol–water partition coefficient (Wildman–Crippen LogP) is 2.34. The SMILES string of the molecule is Cc1cccc2[nH]cc(CC(=O)N3CCC(C)(C(=O)O)C3)c12. The van der Waals surface area contributed by atoms with Crippen LogP contribution in [0.5, 0.6) is 0 Å². The van der Waals surface area contributed by atoms with Gasteiger partial charge in [-0.05, 0) is 37.5 Å². The van der Waals surface area contributed by atoms with E-state index in [1.165, 1.54) is 0 Å². The average molecular weight is 300 g/mol. The van der Waals surface area contributed by atoms with Gasteiger partial charge in [0.2, 0.25) is 5.91 Å². The molecule has 1 aromatic carbocycles. The molecule has 22 heavy (non-hydrogen) atoms. The van der Waals surface area contributed by atoms with Crippen molar-refractivity contribution in [2.75, 3.05) is 13.1 Å². The fraction of sp³-hybridized carbons (Fsp3) is 0.412. The van der Waals surface area contributed by atoms with Gasteiger partial charge in [-0.25, -0.2) is 0 Å². The second-order valence-electron chi connectivity index (χ2n) is 6.42. The van der Waals surface area contributed by atoms with Gasteiger partial charge in [0, 0.05) is 30.2 Å². The summed E-state index contributed by atoms with van der Waals surface area (Å²) in [5.41, 5.74) is 2.33. The molecular weight excluding hydrogens is 280 g/mol. The number of likely N-dealkylation sites (tertiary alicyclic amines) is 1. The number of carboxylic acids is 1. The molecule has 1 amide bonds. The second kappa shape index (κ2) is 5.16. The Bertz CT molecular complexity index is 749. The standard InChI is InChI=1S/C17H20N2O3/c1-11-4-3-5-13-15(11)12(9-18-13)8-14(20)19-7-6-17(2,10-19)16(21)22/h3-5,9,18H,6-8,10H2,1-2H3,(H,21,22). The van der Waals surface area contributed by atoms with Crippen LogP contribution in [-0.4, -0.2) is 40.0 Å². The number of hydrogen-bond donors (Lipinski definition) is 2. The number of aliphatic carboxylic acids is 1. The molecule has 2 heterocycles. The van der Waals surface area contributed by atoms with Crippen molar-refractivity contribution in [2.45, 2.75) is 26.7 Å². The quantitative estimate of drug-likeness (QED) is 0.913. The summed E-state index contributed by atoms with van der Waals surface area (Å²) in [6.45, 7) is 4.55.